The average Bonchev–Trinajstić information content (AvgIpc) is 3.31. The molecule has 0 radical (unpaired) electrons. The number of urea groups is 1. The van der Waals surface area contributed by atoms with Crippen LogP contribution in [0.4, 0.5) is 10.5 Å². The van der Waals surface area contributed by atoms with E-state index in [1.54, 1.807) is 0 Å². The van der Waals surface area contributed by atoms with Crippen molar-refractivity contribution in [2.24, 2.45) is 0 Å². The highest BCUT2D eigenvalue weighted by molar-refractivity contribution is 7.15. The van der Waals surface area contributed by atoms with E-state index in [1.165, 1.54) is 26.6 Å². The maximum absolute atomic E-state index is 13.5. The number of hydrogen-bond donors (Lipinski definition) is 1. The molecule has 0 saturated carbocycles. The fourth-order valence-electron chi connectivity index (χ4n) is 4.65. The van der Waals surface area contributed by atoms with Crippen LogP contribution in [-0.2, 0) is 19.5 Å². The summed E-state index contributed by atoms with van der Waals surface area (Å²) in [5.41, 5.74) is 7.13. The van der Waals surface area contributed by atoms with E-state index < -0.39 is 0 Å². The molecule has 30 heavy (non-hydrogen) atoms. The number of hydrogen-bond acceptors (Lipinski definition) is 3. The van der Waals surface area contributed by atoms with Gasteiger partial charge in [-0.25, -0.2) is 4.79 Å². The predicted molar refractivity (Wildman–Crippen MR) is 123 cm³/mol. The monoisotopic (exact) mass is 420 g/mol. The second kappa shape index (κ2) is 7.29. The minimum atomic E-state index is -0.0373. The van der Waals surface area contributed by atoms with Gasteiger partial charge in [0.25, 0.3) is 0 Å². The molecule has 5 nitrogen and oxygen atoms in total. The summed E-state index contributed by atoms with van der Waals surface area (Å²) in [6.07, 6.45) is 3.19. The Morgan fingerprint density at radius 1 is 1.13 bits per heavy atom. The van der Waals surface area contributed by atoms with E-state index in [2.05, 4.69) is 67.0 Å². The number of aromatic nitrogens is 1. The number of anilines is 1. The molecule has 156 valence electrons. The van der Waals surface area contributed by atoms with Gasteiger partial charge in [-0.3, -0.25) is 0 Å². The molecule has 0 saturated heterocycles. The molecule has 0 bridgehead atoms. The maximum Gasteiger partial charge on any atom is 0.322 e. The number of amides is 2. The van der Waals surface area contributed by atoms with Gasteiger partial charge >= 0.3 is 6.03 Å². The summed E-state index contributed by atoms with van der Waals surface area (Å²) in [5, 5.41) is 4.47. The number of rotatable bonds is 1. The number of thiophene rings is 1. The molecule has 0 fully saturated rings. The lowest BCUT2D eigenvalue weighted by Crippen LogP contribution is -2.36. The molecule has 2 aliphatic heterocycles. The summed E-state index contributed by atoms with van der Waals surface area (Å²) in [6.45, 7) is 8.97. The first kappa shape index (κ1) is 19.4. The van der Waals surface area contributed by atoms with E-state index in [-0.39, 0.29) is 12.1 Å². The zero-order valence-corrected chi connectivity index (χ0v) is 18.8. The summed E-state index contributed by atoms with van der Waals surface area (Å²) in [7, 11) is 2.18. The van der Waals surface area contributed by atoms with Gasteiger partial charge in [0.2, 0.25) is 0 Å². The topological polar surface area (TPSA) is 40.5 Å². The van der Waals surface area contributed by atoms with Crippen molar-refractivity contribution in [2.75, 3.05) is 18.9 Å². The Morgan fingerprint density at radius 3 is 2.80 bits per heavy atom. The van der Waals surface area contributed by atoms with Crippen LogP contribution in [0.15, 0.2) is 36.5 Å². The fraction of sp³-hybridized carbons (Fsp3) is 0.375. The van der Waals surface area contributed by atoms with Gasteiger partial charge in [-0.2, -0.15) is 0 Å². The number of nitrogens with one attached hydrogen (secondary N) is 1. The number of fused-ring (bicyclic) bond motifs is 5. The first-order valence-corrected chi connectivity index (χ1v) is 11.4. The molecule has 1 aromatic carbocycles. The van der Waals surface area contributed by atoms with Crippen LogP contribution in [0.2, 0.25) is 0 Å². The van der Waals surface area contributed by atoms with Gasteiger partial charge in [-0.15, -0.1) is 11.3 Å². The third-order valence-corrected chi connectivity index (χ3v) is 7.92. The molecule has 0 spiro atoms. The summed E-state index contributed by atoms with van der Waals surface area (Å²) in [4.78, 5) is 19.3. The number of aryl methyl sites for hydroxylation is 1. The van der Waals surface area contributed by atoms with Crippen LogP contribution in [-0.4, -0.2) is 34.0 Å². The van der Waals surface area contributed by atoms with Crippen LogP contribution < -0.4 is 5.32 Å². The second-order valence-electron chi connectivity index (χ2n) is 8.56. The molecule has 4 heterocycles. The molecule has 0 aliphatic carbocycles. The Labute approximate surface area is 181 Å². The summed E-state index contributed by atoms with van der Waals surface area (Å²) in [5.74, 6) is 0. The van der Waals surface area contributed by atoms with Crippen molar-refractivity contribution in [3.05, 3.63) is 69.4 Å². The zero-order valence-electron chi connectivity index (χ0n) is 18.0. The lowest BCUT2D eigenvalue weighted by molar-refractivity contribution is 0.189. The highest BCUT2D eigenvalue weighted by Crippen LogP contribution is 2.41. The third-order valence-electron chi connectivity index (χ3n) is 6.67. The van der Waals surface area contributed by atoms with Crippen LogP contribution >= 0.6 is 11.3 Å². The standard InChI is InChI=1S/C24H28N4OS/c1-15-7-5-8-20(16(15)2)25-24(29)28-13-19-18-10-12-26(4)14-22(18)30-23(19)27-11-6-9-21(27)17(28)3/h5-9,11,17H,10,12-14H2,1-4H3,(H,25,29)/t17-/m1/s1. The lowest BCUT2D eigenvalue weighted by Gasteiger charge is -2.29. The van der Waals surface area contributed by atoms with Gasteiger partial charge in [0.05, 0.1) is 12.6 Å². The molecule has 1 N–H and O–H groups in total. The van der Waals surface area contributed by atoms with E-state index in [0.717, 1.165) is 36.5 Å². The molecular weight excluding hydrogens is 392 g/mol. The van der Waals surface area contributed by atoms with Crippen LogP contribution in [0, 0.1) is 13.8 Å². The van der Waals surface area contributed by atoms with Crippen LogP contribution in [0.1, 0.15) is 45.8 Å². The van der Waals surface area contributed by atoms with E-state index >= 15 is 0 Å². The lowest BCUT2D eigenvalue weighted by atomic mass is 10.0. The van der Waals surface area contributed by atoms with Gasteiger partial charge in [0.15, 0.2) is 0 Å². The largest absolute Gasteiger partial charge is 0.322 e. The molecule has 6 heteroatoms. The zero-order chi connectivity index (χ0) is 21.0. The Bertz CT molecular complexity index is 1130. The molecule has 0 unspecified atom stereocenters. The summed E-state index contributed by atoms with van der Waals surface area (Å²) < 4.78 is 2.30. The minimum Gasteiger partial charge on any atom is -0.312 e. The van der Waals surface area contributed by atoms with E-state index in [1.807, 2.05) is 28.4 Å². The van der Waals surface area contributed by atoms with Crippen molar-refractivity contribution in [3.63, 3.8) is 0 Å². The molecular formula is C24H28N4OS. The summed E-state index contributed by atoms with van der Waals surface area (Å²) >= 11 is 1.89. The maximum atomic E-state index is 13.5. The predicted octanol–water partition coefficient (Wildman–Crippen LogP) is 5.25. The SMILES string of the molecule is Cc1cccc(NC(=O)N2Cc3c(sc4c3CCN(C)C4)-n3cccc3[C@H]2C)c1C. The highest BCUT2D eigenvalue weighted by atomic mass is 32.1. The Hall–Kier alpha value is -2.57. The van der Waals surface area contributed by atoms with Gasteiger partial charge in [-0.1, -0.05) is 12.1 Å². The first-order valence-electron chi connectivity index (χ1n) is 10.6. The van der Waals surface area contributed by atoms with Gasteiger partial charge in [0.1, 0.15) is 5.00 Å². The fourth-order valence-corrected chi connectivity index (χ4v) is 6.09. The van der Waals surface area contributed by atoms with Crippen molar-refractivity contribution in [3.8, 4) is 5.00 Å². The van der Waals surface area contributed by atoms with E-state index in [0.29, 0.717) is 6.54 Å². The smallest absolute Gasteiger partial charge is 0.312 e. The number of benzene rings is 1. The van der Waals surface area contributed by atoms with Crippen LogP contribution in [0.5, 0.6) is 0 Å². The molecule has 1 atom stereocenters. The van der Waals surface area contributed by atoms with Crippen molar-refractivity contribution >= 4 is 23.1 Å². The molecule has 5 rings (SSSR count). The second-order valence-corrected chi connectivity index (χ2v) is 9.64. The Balaban J connectivity index is 1.55. The molecule has 2 amide bonds. The van der Waals surface area contributed by atoms with E-state index in [4.69, 9.17) is 0 Å². The molecule has 3 aromatic rings. The quantitative estimate of drug-likeness (QED) is 0.584. The van der Waals surface area contributed by atoms with Crippen molar-refractivity contribution in [1.29, 1.82) is 0 Å². The van der Waals surface area contributed by atoms with Crippen molar-refractivity contribution in [1.82, 2.24) is 14.4 Å². The van der Waals surface area contributed by atoms with Gasteiger partial charge in [-0.05, 0) is 69.1 Å². The minimum absolute atomic E-state index is 0.00775. The number of likely N-dealkylation sites (N-methyl/N-ethyl adjacent to an activating group) is 1. The van der Waals surface area contributed by atoms with Gasteiger partial charge in [0, 0.05) is 41.1 Å². The average molecular weight is 421 g/mol. The van der Waals surface area contributed by atoms with Gasteiger partial charge < -0.3 is 19.7 Å². The molecule has 2 aromatic heterocycles. The number of carbonyl (C=O) groups excluding carboxylic acids is 1. The third kappa shape index (κ3) is 3.06. The normalized spacial score (nSPS) is 18.4. The Kier molecular flexibility index (Phi) is 4.71. The number of nitrogens with zero attached hydrogens (tertiary/aromatic N) is 3. The molecule has 2 aliphatic rings. The summed E-state index contributed by atoms with van der Waals surface area (Å²) in [6, 6.07) is 10.2. The van der Waals surface area contributed by atoms with Crippen molar-refractivity contribution in [2.45, 2.75) is 46.3 Å². The van der Waals surface area contributed by atoms with E-state index in [9.17, 15) is 4.79 Å². The number of carbonyl (C=O) groups is 1. The van der Waals surface area contributed by atoms with Crippen molar-refractivity contribution < 1.29 is 4.79 Å². The van der Waals surface area contributed by atoms with Crippen LogP contribution in [0.25, 0.3) is 5.00 Å². The Morgan fingerprint density at radius 2 is 1.97 bits per heavy atom. The van der Waals surface area contributed by atoms with Crippen LogP contribution in [0.3, 0.4) is 0 Å². The highest BCUT2D eigenvalue weighted by Gasteiger charge is 2.33. The first-order chi connectivity index (χ1) is 14.4.